The van der Waals surface area contributed by atoms with E-state index < -0.39 is 11.7 Å². The molecule has 156 valence electrons. The fraction of sp³-hybridized carbons (Fsp3) is 0.333. The fourth-order valence-electron chi connectivity index (χ4n) is 2.40. The first-order chi connectivity index (χ1) is 13.6. The van der Waals surface area contributed by atoms with Gasteiger partial charge in [0.2, 0.25) is 5.91 Å². The van der Waals surface area contributed by atoms with Crippen LogP contribution in [0.1, 0.15) is 22.3 Å². The maximum absolute atomic E-state index is 12.9. The third-order valence-electron chi connectivity index (χ3n) is 4.16. The van der Waals surface area contributed by atoms with E-state index >= 15 is 0 Å². The summed E-state index contributed by atoms with van der Waals surface area (Å²) in [5.41, 5.74) is 1.87. The van der Waals surface area contributed by atoms with Crippen molar-refractivity contribution in [2.75, 3.05) is 20.6 Å². The molecule has 8 heteroatoms. The molecule has 1 amide bonds. The molecule has 0 heterocycles. The lowest BCUT2D eigenvalue weighted by atomic mass is 10.1. The molecule has 29 heavy (non-hydrogen) atoms. The van der Waals surface area contributed by atoms with E-state index in [1.54, 1.807) is 20.2 Å². The van der Waals surface area contributed by atoms with Gasteiger partial charge in [-0.25, -0.2) is 4.99 Å². The van der Waals surface area contributed by atoms with Gasteiger partial charge < -0.3 is 15.5 Å². The van der Waals surface area contributed by atoms with Crippen LogP contribution in [0.15, 0.2) is 53.5 Å². The van der Waals surface area contributed by atoms with Gasteiger partial charge in [0.05, 0.1) is 18.7 Å². The Kier molecular flexibility index (Phi) is 7.64. The zero-order valence-corrected chi connectivity index (χ0v) is 16.7. The van der Waals surface area contributed by atoms with Crippen molar-refractivity contribution in [2.24, 2.45) is 4.99 Å². The topological polar surface area (TPSA) is 56.7 Å². The van der Waals surface area contributed by atoms with E-state index in [2.05, 4.69) is 15.6 Å². The van der Waals surface area contributed by atoms with E-state index in [0.717, 1.165) is 23.3 Å². The van der Waals surface area contributed by atoms with E-state index in [1.165, 1.54) is 11.0 Å². The number of guanidine groups is 1. The lowest BCUT2D eigenvalue weighted by Crippen LogP contribution is -2.42. The zero-order valence-electron chi connectivity index (χ0n) is 16.7. The van der Waals surface area contributed by atoms with Crippen LogP contribution in [0.5, 0.6) is 0 Å². The van der Waals surface area contributed by atoms with E-state index in [-0.39, 0.29) is 19.0 Å². The Labute approximate surface area is 168 Å². The number of aryl methyl sites for hydroxylation is 1. The number of nitrogens with zero attached hydrogens (tertiary/aromatic N) is 2. The first-order valence-corrected chi connectivity index (χ1v) is 9.09. The summed E-state index contributed by atoms with van der Waals surface area (Å²) >= 11 is 0. The highest BCUT2D eigenvalue weighted by atomic mass is 19.4. The molecule has 0 fully saturated rings. The van der Waals surface area contributed by atoms with Crippen LogP contribution in [0.4, 0.5) is 13.2 Å². The number of hydrogen-bond acceptors (Lipinski definition) is 2. The Morgan fingerprint density at radius 3 is 2.34 bits per heavy atom. The normalized spacial score (nSPS) is 11.9. The van der Waals surface area contributed by atoms with Crippen molar-refractivity contribution in [3.05, 3.63) is 70.8 Å². The second-order valence-electron chi connectivity index (χ2n) is 6.84. The third-order valence-corrected chi connectivity index (χ3v) is 4.16. The Bertz CT molecular complexity index is 846. The highest BCUT2D eigenvalue weighted by Gasteiger charge is 2.30. The Hall–Kier alpha value is -3.03. The van der Waals surface area contributed by atoms with Crippen LogP contribution in [-0.4, -0.2) is 37.4 Å². The molecule has 2 N–H and O–H groups in total. The van der Waals surface area contributed by atoms with Crippen molar-refractivity contribution >= 4 is 11.9 Å². The van der Waals surface area contributed by atoms with Crippen molar-refractivity contribution in [1.29, 1.82) is 0 Å². The SMILES string of the molecule is Cc1ccc(CNC(=NCc2cccc(C(F)(F)F)c2)NCC(=O)N(C)C)cc1. The number of aliphatic imine (C=N–C) groups is 1. The highest BCUT2D eigenvalue weighted by molar-refractivity contribution is 5.86. The predicted molar refractivity (Wildman–Crippen MR) is 107 cm³/mol. The van der Waals surface area contributed by atoms with Crippen LogP contribution < -0.4 is 10.6 Å². The summed E-state index contributed by atoms with van der Waals surface area (Å²) in [7, 11) is 3.28. The van der Waals surface area contributed by atoms with Gasteiger partial charge in [-0.1, -0.05) is 42.0 Å². The number of carbonyl (C=O) groups excluding carboxylic acids is 1. The standard InChI is InChI=1S/C21H25F3N4O/c1-15-7-9-16(10-8-15)12-25-20(27-14-19(29)28(2)3)26-13-17-5-4-6-18(11-17)21(22,23)24/h4-11H,12-14H2,1-3H3,(H2,25,26,27). The summed E-state index contributed by atoms with van der Waals surface area (Å²) in [6.07, 6.45) is -4.40. The van der Waals surface area contributed by atoms with Crippen LogP contribution >= 0.6 is 0 Å². The van der Waals surface area contributed by atoms with Gasteiger partial charge in [-0.2, -0.15) is 13.2 Å². The first kappa shape index (κ1) is 22.3. The van der Waals surface area contributed by atoms with E-state index in [0.29, 0.717) is 18.1 Å². The van der Waals surface area contributed by atoms with Gasteiger partial charge in [0.25, 0.3) is 0 Å². The highest BCUT2D eigenvalue weighted by Crippen LogP contribution is 2.29. The smallest absolute Gasteiger partial charge is 0.352 e. The number of benzene rings is 2. The molecule has 0 atom stereocenters. The molecule has 2 rings (SSSR count). The van der Waals surface area contributed by atoms with Gasteiger partial charge in [0.1, 0.15) is 0 Å². The molecular formula is C21H25F3N4O. The fourth-order valence-corrected chi connectivity index (χ4v) is 2.40. The number of rotatable bonds is 6. The van der Waals surface area contributed by atoms with Crippen LogP contribution in [0.25, 0.3) is 0 Å². The molecule has 0 aliphatic rings. The van der Waals surface area contributed by atoms with Gasteiger partial charge in [0, 0.05) is 20.6 Å². The molecule has 0 saturated heterocycles. The predicted octanol–water partition coefficient (Wildman–Crippen LogP) is 3.34. The van der Waals surface area contributed by atoms with Gasteiger partial charge in [0.15, 0.2) is 5.96 Å². The molecule has 0 spiro atoms. The Morgan fingerprint density at radius 1 is 1.03 bits per heavy atom. The maximum atomic E-state index is 12.9. The van der Waals surface area contributed by atoms with Crippen molar-refractivity contribution in [1.82, 2.24) is 15.5 Å². The van der Waals surface area contributed by atoms with Crippen LogP contribution in [0, 0.1) is 6.92 Å². The monoisotopic (exact) mass is 406 g/mol. The molecule has 2 aromatic rings. The van der Waals surface area contributed by atoms with E-state index in [9.17, 15) is 18.0 Å². The van der Waals surface area contributed by atoms with Crippen LogP contribution in [0.2, 0.25) is 0 Å². The van der Waals surface area contributed by atoms with E-state index in [1.807, 2.05) is 31.2 Å². The third kappa shape index (κ3) is 7.48. The second kappa shape index (κ2) is 9.95. The lowest BCUT2D eigenvalue weighted by molar-refractivity contribution is -0.137. The Balaban J connectivity index is 2.10. The largest absolute Gasteiger partial charge is 0.416 e. The summed E-state index contributed by atoms with van der Waals surface area (Å²) < 4.78 is 38.7. The van der Waals surface area contributed by atoms with Crippen LogP contribution in [-0.2, 0) is 24.1 Å². The van der Waals surface area contributed by atoms with Gasteiger partial charge in [-0.05, 0) is 30.2 Å². The number of carbonyl (C=O) groups is 1. The molecule has 0 bridgehead atoms. The molecule has 0 aliphatic heterocycles. The summed E-state index contributed by atoms with van der Waals surface area (Å²) in [6, 6.07) is 13.0. The molecule has 0 unspecified atom stereocenters. The number of alkyl halides is 3. The van der Waals surface area contributed by atoms with Crippen molar-refractivity contribution in [3.8, 4) is 0 Å². The van der Waals surface area contributed by atoms with Crippen molar-refractivity contribution in [3.63, 3.8) is 0 Å². The minimum atomic E-state index is -4.40. The summed E-state index contributed by atoms with van der Waals surface area (Å²) in [5, 5.41) is 6.03. The van der Waals surface area contributed by atoms with Crippen LogP contribution in [0.3, 0.4) is 0 Å². The quantitative estimate of drug-likeness (QED) is 0.572. The molecule has 0 aromatic heterocycles. The van der Waals surface area contributed by atoms with Gasteiger partial charge >= 0.3 is 6.18 Å². The summed E-state index contributed by atoms with van der Waals surface area (Å²) in [4.78, 5) is 17.6. The number of likely N-dealkylation sites (N-methyl/N-ethyl adjacent to an activating group) is 1. The number of halogens is 3. The molecule has 0 radical (unpaired) electrons. The molecular weight excluding hydrogens is 381 g/mol. The lowest BCUT2D eigenvalue weighted by Gasteiger charge is -2.15. The average Bonchev–Trinajstić information content (AvgIpc) is 2.67. The van der Waals surface area contributed by atoms with Crippen molar-refractivity contribution < 1.29 is 18.0 Å². The second-order valence-corrected chi connectivity index (χ2v) is 6.84. The first-order valence-electron chi connectivity index (χ1n) is 9.09. The van der Waals surface area contributed by atoms with Crippen molar-refractivity contribution in [2.45, 2.75) is 26.2 Å². The van der Waals surface area contributed by atoms with E-state index in [4.69, 9.17) is 0 Å². The molecule has 0 saturated carbocycles. The Morgan fingerprint density at radius 2 is 1.72 bits per heavy atom. The summed E-state index contributed by atoms with van der Waals surface area (Å²) in [6.45, 7) is 2.52. The number of amides is 1. The van der Waals surface area contributed by atoms with Gasteiger partial charge in [-0.15, -0.1) is 0 Å². The zero-order chi connectivity index (χ0) is 21.4. The average molecular weight is 406 g/mol. The number of hydrogen-bond donors (Lipinski definition) is 2. The maximum Gasteiger partial charge on any atom is 0.416 e. The summed E-state index contributed by atoms with van der Waals surface area (Å²) in [5.74, 6) is 0.201. The van der Waals surface area contributed by atoms with Gasteiger partial charge in [-0.3, -0.25) is 4.79 Å². The molecule has 0 aliphatic carbocycles. The minimum Gasteiger partial charge on any atom is -0.352 e. The minimum absolute atomic E-state index is 0.0231. The number of nitrogens with one attached hydrogen (secondary N) is 2. The molecule has 5 nitrogen and oxygen atoms in total. The molecule has 2 aromatic carbocycles.